The highest BCUT2D eigenvalue weighted by molar-refractivity contribution is 6.29. The molecule has 0 saturated carbocycles. The number of nitrogens with two attached hydrogens (primary N) is 2. The Bertz CT molecular complexity index is 297. The van der Waals surface area contributed by atoms with Crippen molar-refractivity contribution < 1.29 is 0 Å². The van der Waals surface area contributed by atoms with Crippen LogP contribution in [0.1, 0.15) is 5.69 Å². The molecule has 0 fully saturated rings. The van der Waals surface area contributed by atoms with E-state index in [0.717, 1.165) is 5.69 Å². The highest BCUT2D eigenvalue weighted by atomic mass is 35.5. The maximum atomic E-state index is 5.63. The van der Waals surface area contributed by atoms with Crippen LogP contribution in [0.25, 0.3) is 0 Å². The molecule has 5 nitrogen and oxygen atoms in total. The number of aromatic nitrogens is 2. The van der Waals surface area contributed by atoms with Gasteiger partial charge in [-0.15, -0.1) is 0 Å². The van der Waals surface area contributed by atoms with Crippen molar-refractivity contribution in [1.29, 1.82) is 0 Å². The van der Waals surface area contributed by atoms with E-state index < -0.39 is 0 Å². The minimum Gasteiger partial charge on any atom is -0.370 e. The minimum atomic E-state index is -0.0864. The van der Waals surface area contributed by atoms with Crippen LogP contribution >= 0.6 is 11.6 Å². The summed E-state index contributed by atoms with van der Waals surface area (Å²) in [6.45, 7) is 1.78. The molecule has 0 saturated heterocycles. The van der Waals surface area contributed by atoms with Gasteiger partial charge in [0.15, 0.2) is 5.96 Å². The highest BCUT2D eigenvalue weighted by Crippen LogP contribution is 2.11. The molecule has 12 heavy (non-hydrogen) atoms. The average molecular weight is 186 g/mol. The summed E-state index contributed by atoms with van der Waals surface area (Å²) >= 11 is 5.63. The van der Waals surface area contributed by atoms with Gasteiger partial charge in [-0.05, 0) is 13.0 Å². The van der Waals surface area contributed by atoms with E-state index in [1.165, 1.54) is 0 Å². The summed E-state index contributed by atoms with van der Waals surface area (Å²) in [6, 6.07) is 1.62. The SMILES string of the molecule is Cc1cc(Cl)nc(N=C(N)N)n1. The molecular formula is C6H8ClN5. The van der Waals surface area contributed by atoms with Crippen LogP contribution in [-0.2, 0) is 0 Å². The molecule has 1 aromatic rings. The van der Waals surface area contributed by atoms with Crippen molar-refractivity contribution in [3.8, 4) is 0 Å². The molecule has 0 amide bonds. The van der Waals surface area contributed by atoms with Crippen LogP contribution in [0.2, 0.25) is 5.15 Å². The Kier molecular flexibility index (Phi) is 2.44. The fraction of sp³-hybridized carbons (Fsp3) is 0.167. The van der Waals surface area contributed by atoms with Crippen LogP contribution < -0.4 is 11.5 Å². The number of nitrogens with zero attached hydrogens (tertiary/aromatic N) is 3. The molecule has 0 aliphatic rings. The molecule has 1 rings (SSSR count). The number of hydrogen-bond acceptors (Lipinski definition) is 3. The summed E-state index contributed by atoms with van der Waals surface area (Å²) in [4.78, 5) is 11.4. The lowest BCUT2D eigenvalue weighted by atomic mass is 10.5. The number of hydrogen-bond donors (Lipinski definition) is 2. The molecule has 0 unspecified atom stereocenters. The number of aryl methyl sites for hydroxylation is 1. The Morgan fingerprint density at radius 2 is 2.17 bits per heavy atom. The molecular weight excluding hydrogens is 178 g/mol. The third kappa shape index (κ3) is 2.35. The van der Waals surface area contributed by atoms with E-state index in [9.17, 15) is 0 Å². The molecule has 0 aromatic carbocycles. The quantitative estimate of drug-likeness (QED) is 0.375. The van der Waals surface area contributed by atoms with Gasteiger partial charge in [0.25, 0.3) is 5.95 Å². The second-order valence-corrected chi connectivity index (χ2v) is 2.56. The Morgan fingerprint density at radius 1 is 1.50 bits per heavy atom. The van der Waals surface area contributed by atoms with Gasteiger partial charge < -0.3 is 11.5 Å². The van der Waals surface area contributed by atoms with Crippen molar-refractivity contribution in [2.24, 2.45) is 16.5 Å². The fourth-order valence-electron chi connectivity index (χ4n) is 0.681. The molecule has 0 atom stereocenters. The first-order valence-corrected chi connectivity index (χ1v) is 3.56. The molecule has 6 heteroatoms. The standard InChI is InChI=1S/C6H8ClN5/c1-3-2-4(7)11-6(10-3)12-5(8)9/h2H,1H3,(H4,8,9,10,11,12). The highest BCUT2D eigenvalue weighted by Gasteiger charge is 1.97. The average Bonchev–Trinajstić information content (AvgIpc) is 1.81. The van der Waals surface area contributed by atoms with Gasteiger partial charge in [-0.3, -0.25) is 0 Å². The predicted octanol–water partition coefficient (Wildman–Crippen LogP) is 0.343. The lowest BCUT2D eigenvalue weighted by Gasteiger charge is -1.96. The second kappa shape index (κ2) is 3.36. The lowest BCUT2D eigenvalue weighted by Crippen LogP contribution is -2.22. The van der Waals surface area contributed by atoms with E-state index in [4.69, 9.17) is 23.1 Å². The largest absolute Gasteiger partial charge is 0.370 e. The van der Waals surface area contributed by atoms with Gasteiger partial charge in [-0.25, -0.2) is 4.98 Å². The van der Waals surface area contributed by atoms with Gasteiger partial charge in [0.2, 0.25) is 0 Å². The predicted molar refractivity (Wildman–Crippen MR) is 47.2 cm³/mol. The molecule has 4 N–H and O–H groups in total. The number of guanidine groups is 1. The molecule has 1 heterocycles. The van der Waals surface area contributed by atoms with Crippen LogP contribution in [0.3, 0.4) is 0 Å². The summed E-state index contributed by atoms with van der Waals surface area (Å²) in [5, 5.41) is 0.322. The first kappa shape index (κ1) is 8.73. The van der Waals surface area contributed by atoms with Crippen molar-refractivity contribution >= 4 is 23.5 Å². The van der Waals surface area contributed by atoms with Gasteiger partial charge in [-0.1, -0.05) is 11.6 Å². The Morgan fingerprint density at radius 3 is 2.67 bits per heavy atom. The molecule has 0 radical (unpaired) electrons. The van der Waals surface area contributed by atoms with Gasteiger partial charge in [-0.2, -0.15) is 9.98 Å². The summed E-state index contributed by atoms with van der Waals surface area (Å²) in [5.41, 5.74) is 11.0. The Balaban J connectivity index is 3.09. The smallest absolute Gasteiger partial charge is 0.254 e. The zero-order valence-electron chi connectivity index (χ0n) is 6.45. The maximum absolute atomic E-state index is 5.63. The minimum absolute atomic E-state index is 0.0864. The van der Waals surface area contributed by atoms with E-state index in [-0.39, 0.29) is 11.9 Å². The van der Waals surface area contributed by atoms with E-state index >= 15 is 0 Å². The summed E-state index contributed by atoms with van der Waals surface area (Å²) in [6.07, 6.45) is 0. The van der Waals surface area contributed by atoms with Gasteiger partial charge in [0.05, 0.1) is 0 Å². The van der Waals surface area contributed by atoms with Crippen molar-refractivity contribution in [2.45, 2.75) is 6.92 Å². The topological polar surface area (TPSA) is 90.2 Å². The number of rotatable bonds is 1. The zero-order chi connectivity index (χ0) is 9.14. The molecule has 0 spiro atoms. The van der Waals surface area contributed by atoms with Crippen molar-refractivity contribution in [3.05, 3.63) is 16.9 Å². The fourth-order valence-corrected chi connectivity index (χ4v) is 0.914. The monoisotopic (exact) mass is 185 g/mol. The molecule has 64 valence electrons. The zero-order valence-corrected chi connectivity index (χ0v) is 7.21. The van der Waals surface area contributed by atoms with Crippen molar-refractivity contribution in [3.63, 3.8) is 0 Å². The number of aliphatic imine (C=N–C) groups is 1. The Hall–Kier alpha value is -1.36. The first-order valence-electron chi connectivity index (χ1n) is 3.19. The van der Waals surface area contributed by atoms with Crippen LogP contribution in [-0.4, -0.2) is 15.9 Å². The van der Waals surface area contributed by atoms with E-state index in [1.54, 1.807) is 13.0 Å². The van der Waals surface area contributed by atoms with E-state index in [2.05, 4.69) is 15.0 Å². The molecule has 0 bridgehead atoms. The van der Waals surface area contributed by atoms with Gasteiger partial charge in [0, 0.05) is 5.69 Å². The van der Waals surface area contributed by atoms with Crippen LogP contribution in [0.4, 0.5) is 5.95 Å². The summed E-state index contributed by atoms with van der Waals surface area (Å²) in [5.74, 6) is 0.0941. The molecule has 0 aliphatic heterocycles. The first-order chi connectivity index (χ1) is 5.58. The second-order valence-electron chi connectivity index (χ2n) is 2.17. The van der Waals surface area contributed by atoms with Gasteiger partial charge in [0.1, 0.15) is 5.15 Å². The molecule has 0 aliphatic carbocycles. The maximum Gasteiger partial charge on any atom is 0.254 e. The van der Waals surface area contributed by atoms with E-state index in [1.807, 2.05) is 0 Å². The third-order valence-electron chi connectivity index (χ3n) is 1.04. The normalized spacial score (nSPS) is 9.50. The lowest BCUT2D eigenvalue weighted by molar-refractivity contribution is 1.08. The number of halogens is 1. The van der Waals surface area contributed by atoms with E-state index in [0.29, 0.717) is 5.15 Å². The Labute approximate surface area is 74.5 Å². The van der Waals surface area contributed by atoms with Gasteiger partial charge >= 0.3 is 0 Å². The molecule has 1 aromatic heterocycles. The third-order valence-corrected chi connectivity index (χ3v) is 1.23. The van der Waals surface area contributed by atoms with Crippen LogP contribution in [0.5, 0.6) is 0 Å². The van der Waals surface area contributed by atoms with Crippen molar-refractivity contribution in [1.82, 2.24) is 9.97 Å². The summed E-state index contributed by atoms with van der Waals surface area (Å²) < 4.78 is 0. The van der Waals surface area contributed by atoms with Crippen LogP contribution in [0.15, 0.2) is 11.1 Å². The van der Waals surface area contributed by atoms with Crippen LogP contribution in [0, 0.1) is 6.92 Å². The van der Waals surface area contributed by atoms with Crippen molar-refractivity contribution in [2.75, 3.05) is 0 Å². The summed E-state index contributed by atoms with van der Waals surface area (Å²) in [7, 11) is 0.